The fourth-order valence-corrected chi connectivity index (χ4v) is 3.38. The van der Waals surface area contributed by atoms with Crippen molar-refractivity contribution in [1.82, 2.24) is 15.0 Å². The molecule has 0 radical (unpaired) electrons. The van der Waals surface area contributed by atoms with E-state index in [0.29, 0.717) is 18.3 Å². The molecule has 3 N–H and O–H groups in total. The maximum Gasteiger partial charge on any atom is 0.161 e. The van der Waals surface area contributed by atoms with E-state index in [1.807, 2.05) is 6.20 Å². The largest absolute Gasteiger partial charge is 0.404 e. The lowest BCUT2D eigenvalue weighted by Crippen LogP contribution is -2.30. The number of rotatable bonds is 7. The molecule has 28 heavy (non-hydrogen) atoms. The van der Waals surface area contributed by atoms with E-state index < -0.39 is 0 Å². The van der Waals surface area contributed by atoms with Crippen LogP contribution in [0.1, 0.15) is 70.9 Å². The number of hydrogen-bond acceptors (Lipinski definition) is 6. The maximum absolute atomic E-state index is 5.81. The van der Waals surface area contributed by atoms with Crippen molar-refractivity contribution in [2.45, 2.75) is 58.9 Å². The van der Waals surface area contributed by atoms with Crippen LogP contribution in [0.2, 0.25) is 0 Å². The van der Waals surface area contributed by atoms with E-state index in [-0.39, 0.29) is 1.43 Å². The summed E-state index contributed by atoms with van der Waals surface area (Å²) in [5, 5.41) is 3.45. The zero-order chi connectivity index (χ0) is 19.9. The average Bonchev–Trinajstić information content (AvgIpc) is 2.74. The molecule has 152 valence electrons. The zero-order valence-corrected chi connectivity index (χ0v) is 17.3. The van der Waals surface area contributed by atoms with Crippen molar-refractivity contribution in [1.29, 1.82) is 0 Å². The molecule has 0 bridgehead atoms. The van der Waals surface area contributed by atoms with Gasteiger partial charge in [0.05, 0.1) is 0 Å². The molecular weight excluding hydrogens is 348 g/mol. The summed E-state index contributed by atoms with van der Waals surface area (Å²) in [5.74, 6) is 2.96. The van der Waals surface area contributed by atoms with Gasteiger partial charge in [0.15, 0.2) is 5.82 Å². The number of piperidine rings is 1. The maximum atomic E-state index is 5.81. The monoisotopic (exact) mass is 382 g/mol. The molecule has 1 saturated heterocycles. The minimum atomic E-state index is 0. The van der Waals surface area contributed by atoms with E-state index in [2.05, 4.69) is 54.2 Å². The molecule has 2 aromatic heterocycles. The first-order chi connectivity index (χ1) is 13.6. The summed E-state index contributed by atoms with van der Waals surface area (Å²) in [7, 11) is 0. The number of aromatic nitrogens is 3. The van der Waals surface area contributed by atoms with Crippen LogP contribution in [0.5, 0.6) is 0 Å². The van der Waals surface area contributed by atoms with Gasteiger partial charge in [0.2, 0.25) is 0 Å². The van der Waals surface area contributed by atoms with Crippen molar-refractivity contribution < 1.29 is 1.43 Å². The number of anilines is 2. The van der Waals surface area contributed by atoms with Crippen LogP contribution in [-0.2, 0) is 6.54 Å². The molecular formula is C22H34N6. The molecule has 2 aromatic rings. The van der Waals surface area contributed by atoms with Crippen LogP contribution in [0.25, 0.3) is 5.57 Å². The molecule has 1 aliphatic heterocycles. The van der Waals surface area contributed by atoms with Gasteiger partial charge in [0, 0.05) is 50.8 Å². The smallest absolute Gasteiger partial charge is 0.161 e. The lowest BCUT2D eigenvalue weighted by molar-refractivity contribution is 0.573. The first kappa shape index (κ1) is 20.1. The van der Waals surface area contributed by atoms with Crippen molar-refractivity contribution >= 4 is 17.2 Å². The van der Waals surface area contributed by atoms with Gasteiger partial charge in [-0.15, -0.1) is 0 Å². The number of nitrogens with two attached hydrogens (primary N) is 1. The van der Waals surface area contributed by atoms with Gasteiger partial charge in [0.25, 0.3) is 0 Å². The summed E-state index contributed by atoms with van der Waals surface area (Å²) < 4.78 is 0. The standard InChI is InChI=1S/C22H32N6.H2/c1-4-18(13-23)22-26-20(12-21(27-22)28-10-6-5-7-11-28)25-15-17-8-9-19(16(2)3)24-14-17;/h8-9,12-14,16H,4-7,10-11,15,23H2,1-3H3,(H,25,26,27);1H/b18-13-;. The van der Waals surface area contributed by atoms with Gasteiger partial charge in [-0.25, -0.2) is 9.97 Å². The van der Waals surface area contributed by atoms with E-state index >= 15 is 0 Å². The predicted octanol–water partition coefficient (Wildman–Crippen LogP) is 4.55. The summed E-state index contributed by atoms with van der Waals surface area (Å²) in [4.78, 5) is 16.4. The van der Waals surface area contributed by atoms with Crippen LogP contribution in [-0.4, -0.2) is 28.0 Å². The Hall–Kier alpha value is -2.63. The lowest BCUT2D eigenvalue weighted by atomic mass is 10.1. The molecule has 0 atom stereocenters. The van der Waals surface area contributed by atoms with Crippen molar-refractivity contribution in [3.05, 3.63) is 47.7 Å². The summed E-state index contributed by atoms with van der Waals surface area (Å²) in [6.45, 7) is 9.15. The van der Waals surface area contributed by atoms with Crippen LogP contribution >= 0.6 is 0 Å². The summed E-state index contributed by atoms with van der Waals surface area (Å²) in [5.41, 5.74) is 9.02. The summed E-state index contributed by atoms with van der Waals surface area (Å²) >= 11 is 0. The van der Waals surface area contributed by atoms with Crippen molar-refractivity contribution in [2.24, 2.45) is 5.73 Å². The van der Waals surface area contributed by atoms with E-state index in [1.54, 1.807) is 6.20 Å². The molecule has 3 rings (SSSR count). The van der Waals surface area contributed by atoms with Crippen LogP contribution in [0, 0.1) is 0 Å². The third-order valence-electron chi connectivity index (χ3n) is 5.17. The second kappa shape index (κ2) is 9.53. The molecule has 1 aliphatic rings. The topological polar surface area (TPSA) is 80.0 Å². The van der Waals surface area contributed by atoms with Crippen molar-refractivity contribution in [3.8, 4) is 0 Å². The predicted molar refractivity (Wildman–Crippen MR) is 118 cm³/mol. The van der Waals surface area contributed by atoms with E-state index in [4.69, 9.17) is 15.7 Å². The Morgan fingerprint density at radius 1 is 1.25 bits per heavy atom. The van der Waals surface area contributed by atoms with Gasteiger partial charge < -0.3 is 16.0 Å². The Bertz CT molecular complexity index is 797. The van der Waals surface area contributed by atoms with Gasteiger partial charge >= 0.3 is 0 Å². The molecule has 6 nitrogen and oxygen atoms in total. The Morgan fingerprint density at radius 3 is 2.64 bits per heavy atom. The Kier molecular flexibility index (Phi) is 6.85. The Morgan fingerprint density at radius 2 is 2.04 bits per heavy atom. The average molecular weight is 383 g/mol. The molecule has 1 fully saturated rings. The number of nitrogens with one attached hydrogen (secondary N) is 1. The van der Waals surface area contributed by atoms with E-state index in [0.717, 1.165) is 48.0 Å². The van der Waals surface area contributed by atoms with Crippen LogP contribution in [0.4, 0.5) is 11.6 Å². The first-order valence-electron chi connectivity index (χ1n) is 10.3. The van der Waals surface area contributed by atoms with Crippen LogP contribution in [0.3, 0.4) is 0 Å². The van der Waals surface area contributed by atoms with Gasteiger partial charge in [-0.2, -0.15) is 0 Å². The van der Waals surface area contributed by atoms with Gasteiger partial charge in [-0.1, -0.05) is 26.8 Å². The number of allylic oxidation sites excluding steroid dienone is 1. The molecule has 3 heterocycles. The Labute approximate surface area is 169 Å². The second-order valence-corrected chi connectivity index (χ2v) is 7.63. The summed E-state index contributed by atoms with van der Waals surface area (Å²) in [6, 6.07) is 6.27. The normalized spacial score (nSPS) is 15.1. The van der Waals surface area contributed by atoms with Crippen molar-refractivity contribution in [2.75, 3.05) is 23.3 Å². The fraction of sp³-hybridized carbons (Fsp3) is 0.500. The highest BCUT2D eigenvalue weighted by Gasteiger charge is 2.16. The van der Waals surface area contributed by atoms with Crippen molar-refractivity contribution in [3.63, 3.8) is 0 Å². The molecule has 0 aromatic carbocycles. The highest BCUT2D eigenvalue weighted by Crippen LogP contribution is 2.24. The van der Waals surface area contributed by atoms with E-state index in [9.17, 15) is 0 Å². The quantitative estimate of drug-likeness (QED) is 0.731. The third kappa shape index (κ3) is 5.00. The van der Waals surface area contributed by atoms with Crippen LogP contribution in [0.15, 0.2) is 30.6 Å². The second-order valence-electron chi connectivity index (χ2n) is 7.63. The fourth-order valence-electron chi connectivity index (χ4n) is 3.38. The minimum Gasteiger partial charge on any atom is -0.404 e. The van der Waals surface area contributed by atoms with Gasteiger partial charge in [-0.05, 0) is 43.2 Å². The lowest BCUT2D eigenvalue weighted by Gasteiger charge is -2.28. The Balaban J connectivity index is 0.00000300. The highest BCUT2D eigenvalue weighted by atomic mass is 15.2. The third-order valence-corrected chi connectivity index (χ3v) is 5.17. The molecule has 0 unspecified atom stereocenters. The zero-order valence-electron chi connectivity index (χ0n) is 17.3. The first-order valence-corrected chi connectivity index (χ1v) is 10.3. The van der Waals surface area contributed by atoms with Gasteiger partial charge in [-0.3, -0.25) is 4.98 Å². The molecule has 0 aliphatic carbocycles. The number of pyridine rings is 1. The highest BCUT2D eigenvalue weighted by molar-refractivity contribution is 5.63. The minimum absolute atomic E-state index is 0. The molecule has 0 saturated carbocycles. The molecule has 6 heteroatoms. The number of nitrogens with zero attached hydrogens (tertiary/aromatic N) is 4. The molecule has 0 spiro atoms. The summed E-state index contributed by atoms with van der Waals surface area (Å²) in [6.07, 6.45) is 8.08. The SMILES string of the molecule is CC/C(=C/N)c1nc(NCc2ccc(C(C)C)nc2)cc(N2CCCCC2)n1.[HH]. The number of hydrogen-bond donors (Lipinski definition) is 2. The van der Waals surface area contributed by atoms with Crippen LogP contribution < -0.4 is 16.0 Å². The molecule has 0 amide bonds. The van der Waals surface area contributed by atoms with Gasteiger partial charge in [0.1, 0.15) is 11.6 Å². The van der Waals surface area contributed by atoms with E-state index in [1.165, 1.54) is 19.3 Å².